The molecule has 2 N–H and O–H groups in total. The number of carbonyl (C=O) groups excluding carboxylic acids is 1. The number of carboxylic acid groups (broad SMARTS) is 1. The Morgan fingerprint density at radius 1 is 0.960 bits per heavy atom. The van der Waals surface area contributed by atoms with Gasteiger partial charge in [-0.15, -0.1) is 0 Å². The van der Waals surface area contributed by atoms with Gasteiger partial charge in [-0.2, -0.15) is 0 Å². The zero-order valence-electron chi connectivity index (χ0n) is 13.9. The quantitative estimate of drug-likeness (QED) is 0.892. The molecule has 1 fully saturated rings. The lowest BCUT2D eigenvalue weighted by molar-refractivity contribution is -0.144. The van der Waals surface area contributed by atoms with Gasteiger partial charge in [0.15, 0.2) is 0 Å². The van der Waals surface area contributed by atoms with Crippen molar-refractivity contribution < 1.29 is 19.8 Å². The molecule has 3 rings (SSSR count). The van der Waals surface area contributed by atoms with Crippen molar-refractivity contribution in [2.75, 3.05) is 26.7 Å². The van der Waals surface area contributed by atoms with E-state index in [1.165, 1.54) is 0 Å². The van der Waals surface area contributed by atoms with E-state index < -0.39 is 12.0 Å². The highest BCUT2D eigenvalue weighted by atomic mass is 16.4. The Bertz CT molecular complexity index is 771. The van der Waals surface area contributed by atoms with Gasteiger partial charge < -0.3 is 15.1 Å². The monoisotopic (exact) mass is 340 g/mol. The van der Waals surface area contributed by atoms with Crippen LogP contribution < -0.4 is 0 Å². The van der Waals surface area contributed by atoms with Gasteiger partial charge in [0.2, 0.25) is 0 Å². The largest absolute Gasteiger partial charge is 0.508 e. The van der Waals surface area contributed by atoms with E-state index in [1.807, 2.05) is 24.3 Å². The van der Waals surface area contributed by atoms with Crippen LogP contribution in [0.25, 0.3) is 11.1 Å². The third-order valence-electron chi connectivity index (χ3n) is 4.55. The van der Waals surface area contributed by atoms with E-state index >= 15 is 0 Å². The normalized spacial score (nSPS) is 18.1. The molecule has 130 valence electrons. The number of piperazine rings is 1. The number of phenolic OH excluding ortho intramolecular Hbond substituents is 1. The minimum Gasteiger partial charge on any atom is -0.508 e. The van der Waals surface area contributed by atoms with E-state index in [1.54, 1.807) is 41.1 Å². The number of hydrogen-bond acceptors (Lipinski definition) is 4. The number of hydrogen-bond donors (Lipinski definition) is 2. The highest BCUT2D eigenvalue weighted by Gasteiger charge is 2.32. The number of aromatic hydroxyl groups is 1. The Morgan fingerprint density at radius 3 is 2.08 bits per heavy atom. The number of carbonyl (C=O) groups is 2. The number of phenols is 1. The highest BCUT2D eigenvalue weighted by molar-refractivity contribution is 5.95. The van der Waals surface area contributed by atoms with Crippen LogP contribution >= 0.6 is 0 Å². The molecule has 0 unspecified atom stereocenters. The number of carboxylic acids is 1. The Morgan fingerprint density at radius 2 is 1.52 bits per heavy atom. The summed E-state index contributed by atoms with van der Waals surface area (Å²) in [5.74, 6) is -0.863. The molecule has 0 bridgehead atoms. The van der Waals surface area contributed by atoms with Gasteiger partial charge >= 0.3 is 5.97 Å². The first kappa shape index (κ1) is 17.0. The molecule has 1 atom stereocenters. The molecule has 1 aliphatic heterocycles. The van der Waals surface area contributed by atoms with Gasteiger partial charge in [0.05, 0.1) is 0 Å². The SMILES string of the molecule is CN1CCN(C(=O)c2ccc(-c3ccc(O)cc3)cc2)C[C@H]1C(=O)O. The van der Waals surface area contributed by atoms with Crippen molar-refractivity contribution in [2.24, 2.45) is 0 Å². The molecule has 2 aromatic carbocycles. The summed E-state index contributed by atoms with van der Waals surface area (Å²) in [5, 5.41) is 18.6. The molecule has 1 heterocycles. The van der Waals surface area contributed by atoms with Gasteiger partial charge in [0.25, 0.3) is 5.91 Å². The van der Waals surface area contributed by atoms with E-state index in [0.29, 0.717) is 18.7 Å². The summed E-state index contributed by atoms with van der Waals surface area (Å²) in [6.45, 7) is 1.23. The lowest BCUT2D eigenvalue weighted by Crippen LogP contribution is -2.56. The Labute approximate surface area is 145 Å². The maximum absolute atomic E-state index is 12.6. The molecule has 0 aromatic heterocycles. The molecule has 0 radical (unpaired) electrons. The summed E-state index contributed by atoms with van der Waals surface area (Å²) in [6.07, 6.45) is 0. The van der Waals surface area contributed by atoms with Crippen molar-refractivity contribution in [3.05, 3.63) is 54.1 Å². The maximum atomic E-state index is 12.6. The number of rotatable bonds is 3. The van der Waals surface area contributed by atoms with Crippen LogP contribution in [-0.4, -0.2) is 64.6 Å². The van der Waals surface area contributed by atoms with Gasteiger partial charge in [-0.05, 0) is 42.4 Å². The molecular formula is C19H20N2O4. The average Bonchev–Trinajstić information content (AvgIpc) is 2.62. The molecule has 6 nitrogen and oxygen atoms in total. The molecule has 2 aromatic rings. The molecule has 1 saturated heterocycles. The van der Waals surface area contributed by atoms with Crippen LogP contribution in [0, 0.1) is 0 Å². The van der Waals surface area contributed by atoms with Crippen LogP contribution in [0.15, 0.2) is 48.5 Å². The minimum absolute atomic E-state index is 0.156. The number of nitrogens with zero attached hydrogens (tertiary/aromatic N) is 2. The zero-order chi connectivity index (χ0) is 18.0. The van der Waals surface area contributed by atoms with Gasteiger partial charge in [-0.25, -0.2) is 0 Å². The minimum atomic E-state index is -0.914. The zero-order valence-corrected chi connectivity index (χ0v) is 13.9. The second-order valence-electron chi connectivity index (χ2n) is 6.21. The van der Waals surface area contributed by atoms with Crippen molar-refractivity contribution in [1.29, 1.82) is 0 Å². The van der Waals surface area contributed by atoms with Crippen LogP contribution in [0.3, 0.4) is 0 Å². The number of aliphatic carboxylic acids is 1. The highest BCUT2D eigenvalue weighted by Crippen LogP contribution is 2.23. The van der Waals surface area contributed by atoms with Crippen LogP contribution in [0.2, 0.25) is 0 Å². The molecule has 1 aliphatic rings. The molecule has 0 saturated carbocycles. The Balaban J connectivity index is 1.74. The molecule has 6 heteroatoms. The van der Waals surface area contributed by atoms with E-state index in [2.05, 4.69) is 0 Å². The molecule has 25 heavy (non-hydrogen) atoms. The number of benzene rings is 2. The van der Waals surface area contributed by atoms with E-state index in [9.17, 15) is 19.8 Å². The summed E-state index contributed by atoms with van der Waals surface area (Å²) in [7, 11) is 1.76. The molecule has 1 amide bonds. The molecule has 0 spiro atoms. The molecular weight excluding hydrogens is 320 g/mol. The van der Waals surface area contributed by atoms with Crippen molar-refractivity contribution in [2.45, 2.75) is 6.04 Å². The predicted octanol–water partition coefficient (Wildman–Crippen LogP) is 1.90. The van der Waals surface area contributed by atoms with Crippen molar-refractivity contribution in [3.8, 4) is 16.9 Å². The third kappa shape index (κ3) is 3.64. The fourth-order valence-electron chi connectivity index (χ4n) is 2.97. The summed E-state index contributed by atoms with van der Waals surface area (Å²) >= 11 is 0. The first-order chi connectivity index (χ1) is 12.0. The fourth-order valence-corrected chi connectivity index (χ4v) is 2.97. The van der Waals surface area contributed by atoms with Crippen LogP contribution in [-0.2, 0) is 4.79 Å². The third-order valence-corrected chi connectivity index (χ3v) is 4.55. The summed E-state index contributed by atoms with van der Waals surface area (Å²) in [5.41, 5.74) is 2.43. The summed E-state index contributed by atoms with van der Waals surface area (Å²) < 4.78 is 0. The van der Waals surface area contributed by atoms with Crippen LogP contribution in [0.4, 0.5) is 0 Å². The van der Waals surface area contributed by atoms with Gasteiger partial charge in [-0.3, -0.25) is 14.5 Å². The first-order valence-corrected chi connectivity index (χ1v) is 8.07. The second kappa shape index (κ2) is 6.94. The van der Waals surface area contributed by atoms with Crippen LogP contribution in [0.1, 0.15) is 10.4 Å². The van der Waals surface area contributed by atoms with Crippen LogP contribution in [0.5, 0.6) is 5.75 Å². The molecule has 0 aliphatic carbocycles. The predicted molar refractivity (Wildman–Crippen MR) is 93.5 cm³/mol. The van der Waals surface area contributed by atoms with E-state index in [-0.39, 0.29) is 18.2 Å². The summed E-state index contributed by atoms with van der Waals surface area (Å²) in [6, 6.07) is 13.4. The Hall–Kier alpha value is -2.86. The topological polar surface area (TPSA) is 81.1 Å². The fraction of sp³-hybridized carbons (Fsp3) is 0.263. The van der Waals surface area contributed by atoms with Crippen molar-refractivity contribution >= 4 is 11.9 Å². The lowest BCUT2D eigenvalue weighted by atomic mass is 10.0. The second-order valence-corrected chi connectivity index (χ2v) is 6.21. The Kier molecular flexibility index (Phi) is 4.72. The average molecular weight is 340 g/mol. The number of amides is 1. The van der Waals surface area contributed by atoms with Gasteiger partial charge in [0.1, 0.15) is 11.8 Å². The lowest BCUT2D eigenvalue weighted by Gasteiger charge is -2.37. The standard InChI is InChI=1S/C19H20N2O4/c1-20-10-11-21(12-17(20)19(24)25)18(23)15-4-2-13(3-5-15)14-6-8-16(22)9-7-14/h2-9,17,22H,10-12H2,1H3,(H,24,25)/t17-/m0/s1. The van der Waals surface area contributed by atoms with Gasteiger partial charge in [0, 0.05) is 25.2 Å². The van der Waals surface area contributed by atoms with E-state index in [0.717, 1.165) is 11.1 Å². The summed E-state index contributed by atoms with van der Waals surface area (Å²) in [4.78, 5) is 27.3. The smallest absolute Gasteiger partial charge is 0.322 e. The first-order valence-electron chi connectivity index (χ1n) is 8.07. The van der Waals surface area contributed by atoms with Crippen molar-refractivity contribution in [1.82, 2.24) is 9.80 Å². The van der Waals surface area contributed by atoms with Gasteiger partial charge in [-0.1, -0.05) is 24.3 Å². The maximum Gasteiger partial charge on any atom is 0.322 e. The van der Waals surface area contributed by atoms with Crippen molar-refractivity contribution in [3.63, 3.8) is 0 Å². The number of likely N-dealkylation sites (N-methyl/N-ethyl adjacent to an activating group) is 1. The van der Waals surface area contributed by atoms with E-state index in [4.69, 9.17) is 0 Å².